The first kappa shape index (κ1) is 15.0. The van der Waals surface area contributed by atoms with Gasteiger partial charge in [0.2, 0.25) is 0 Å². The number of anilines is 1. The van der Waals surface area contributed by atoms with Crippen LogP contribution in [-0.2, 0) is 11.3 Å². The van der Waals surface area contributed by atoms with Crippen LogP contribution in [0.4, 0.5) is 14.5 Å². The lowest BCUT2D eigenvalue weighted by molar-refractivity contribution is 0.0450. The Hall–Kier alpha value is -2.37. The van der Waals surface area contributed by atoms with Gasteiger partial charge in [0.1, 0.15) is 23.9 Å². The molecule has 0 aliphatic rings. The fraction of sp³-hybridized carbons (Fsp3) is 0.267. The van der Waals surface area contributed by atoms with Gasteiger partial charge < -0.3 is 15.0 Å². The van der Waals surface area contributed by atoms with Gasteiger partial charge in [-0.2, -0.15) is 0 Å². The summed E-state index contributed by atoms with van der Waals surface area (Å²) in [5.74, 6) is -2.17. The lowest BCUT2D eigenvalue weighted by Gasteiger charge is -2.12. The molecule has 112 valence electrons. The molecule has 0 unspecified atom stereocenters. The molecule has 0 bridgehead atoms. The van der Waals surface area contributed by atoms with Gasteiger partial charge in [0.05, 0.1) is 11.3 Å². The van der Waals surface area contributed by atoms with Crippen LogP contribution in [0.25, 0.3) is 0 Å². The van der Waals surface area contributed by atoms with E-state index < -0.39 is 24.2 Å². The number of nitrogens with two attached hydrogens (primary N) is 1. The first-order valence-electron chi connectivity index (χ1n) is 6.47. The maximum absolute atomic E-state index is 13.5. The molecule has 21 heavy (non-hydrogen) atoms. The highest BCUT2D eigenvalue weighted by Gasteiger charge is 2.18. The predicted molar refractivity (Wildman–Crippen MR) is 74.7 cm³/mol. The zero-order chi connectivity index (χ0) is 15.6. The van der Waals surface area contributed by atoms with E-state index in [1.54, 1.807) is 10.8 Å². The number of esters is 1. The molecule has 0 radical (unpaired) electrons. The number of hydrogen-bond donors (Lipinski definition) is 1. The minimum Gasteiger partial charge on any atom is -0.456 e. The number of halogens is 2. The van der Waals surface area contributed by atoms with E-state index >= 15 is 0 Å². The maximum Gasteiger partial charge on any atom is 0.355 e. The van der Waals surface area contributed by atoms with E-state index in [4.69, 9.17) is 10.5 Å². The molecule has 0 amide bonds. The van der Waals surface area contributed by atoms with Crippen molar-refractivity contribution < 1.29 is 18.3 Å². The summed E-state index contributed by atoms with van der Waals surface area (Å²) in [4.78, 5) is 12.0. The Morgan fingerprint density at radius 2 is 1.95 bits per heavy atom. The second kappa shape index (κ2) is 5.95. The van der Waals surface area contributed by atoms with Gasteiger partial charge in [-0.15, -0.1) is 0 Å². The van der Waals surface area contributed by atoms with Crippen LogP contribution in [0.3, 0.4) is 0 Å². The highest BCUT2D eigenvalue weighted by molar-refractivity contribution is 5.89. The number of carbonyl (C=O) groups is 1. The average molecular weight is 294 g/mol. The van der Waals surface area contributed by atoms with E-state index in [2.05, 4.69) is 0 Å². The van der Waals surface area contributed by atoms with E-state index in [1.807, 2.05) is 13.8 Å². The van der Waals surface area contributed by atoms with E-state index in [0.717, 1.165) is 12.1 Å². The molecule has 0 saturated carbocycles. The highest BCUT2D eigenvalue weighted by atomic mass is 19.1. The topological polar surface area (TPSA) is 57.2 Å². The summed E-state index contributed by atoms with van der Waals surface area (Å²) < 4.78 is 33.5. The summed E-state index contributed by atoms with van der Waals surface area (Å²) in [7, 11) is 0. The summed E-state index contributed by atoms with van der Waals surface area (Å²) >= 11 is 0. The molecule has 2 N–H and O–H groups in total. The van der Waals surface area contributed by atoms with Crippen molar-refractivity contribution in [2.45, 2.75) is 26.5 Å². The summed E-state index contributed by atoms with van der Waals surface area (Å²) in [6.45, 7) is 3.29. The lowest BCUT2D eigenvalue weighted by atomic mass is 10.2. The minimum atomic E-state index is -0.749. The quantitative estimate of drug-likeness (QED) is 0.880. The van der Waals surface area contributed by atoms with Crippen LogP contribution in [0, 0.1) is 11.6 Å². The summed E-state index contributed by atoms with van der Waals surface area (Å²) in [5, 5.41) is 0. The van der Waals surface area contributed by atoms with Crippen molar-refractivity contribution in [3.05, 3.63) is 53.4 Å². The standard InChI is InChI=1S/C15H16F2N2O2/c1-9(2)19-7-10(18)6-14(19)15(20)21-8-11-12(16)4-3-5-13(11)17/h3-7,9H,8,18H2,1-2H3. The number of aromatic nitrogens is 1. The molecule has 2 rings (SSSR count). The molecule has 0 aliphatic carbocycles. The smallest absolute Gasteiger partial charge is 0.355 e. The molecular formula is C15H16F2N2O2. The molecule has 1 heterocycles. The predicted octanol–water partition coefficient (Wildman–Crippen LogP) is 3.29. The fourth-order valence-corrected chi connectivity index (χ4v) is 1.97. The number of nitrogens with zero attached hydrogens (tertiary/aromatic N) is 1. The first-order valence-corrected chi connectivity index (χ1v) is 6.47. The summed E-state index contributed by atoms with van der Waals surface area (Å²) in [5.41, 5.74) is 6.06. The van der Waals surface area contributed by atoms with E-state index in [-0.39, 0.29) is 17.3 Å². The third kappa shape index (κ3) is 3.21. The highest BCUT2D eigenvalue weighted by Crippen LogP contribution is 2.19. The third-order valence-electron chi connectivity index (χ3n) is 3.04. The second-order valence-corrected chi connectivity index (χ2v) is 4.94. The van der Waals surface area contributed by atoms with Crippen LogP contribution in [0.2, 0.25) is 0 Å². The lowest BCUT2D eigenvalue weighted by Crippen LogP contribution is -2.14. The van der Waals surface area contributed by atoms with Gasteiger partial charge in [-0.1, -0.05) is 6.07 Å². The number of rotatable bonds is 4. The van der Waals surface area contributed by atoms with Crippen molar-refractivity contribution in [2.75, 3.05) is 5.73 Å². The van der Waals surface area contributed by atoms with Crippen molar-refractivity contribution in [3.63, 3.8) is 0 Å². The molecule has 0 atom stereocenters. The van der Waals surface area contributed by atoms with Crippen molar-refractivity contribution in [1.82, 2.24) is 4.57 Å². The number of ether oxygens (including phenoxy) is 1. The second-order valence-electron chi connectivity index (χ2n) is 4.94. The largest absolute Gasteiger partial charge is 0.456 e. The molecular weight excluding hydrogens is 278 g/mol. The molecule has 1 aromatic carbocycles. The van der Waals surface area contributed by atoms with Gasteiger partial charge in [-0.05, 0) is 32.0 Å². The van der Waals surface area contributed by atoms with E-state index in [9.17, 15) is 13.6 Å². The van der Waals surface area contributed by atoms with Crippen LogP contribution in [-0.4, -0.2) is 10.5 Å². The van der Waals surface area contributed by atoms with Crippen LogP contribution >= 0.6 is 0 Å². The Morgan fingerprint density at radius 1 is 1.33 bits per heavy atom. The van der Waals surface area contributed by atoms with Crippen molar-refractivity contribution in [3.8, 4) is 0 Å². The molecule has 0 saturated heterocycles. The van der Waals surface area contributed by atoms with Crippen LogP contribution in [0.5, 0.6) is 0 Å². The van der Waals surface area contributed by atoms with Gasteiger partial charge >= 0.3 is 5.97 Å². The SMILES string of the molecule is CC(C)n1cc(N)cc1C(=O)OCc1c(F)cccc1F. The van der Waals surface area contributed by atoms with Crippen LogP contribution < -0.4 is 5.73 Å². The third-order valence-corrected chi connectivity index (χ3v) is 3.04. The van der Waals surface area contributed by atoms with Gasteiger partial charge in [0, 0.05) is 12.2 Å². The fourth-order valence-electron chi connectivity index (χ4n) is 1.97. The number of carbonyl (C=O) groups excluding carboxylic acids is 1. The zero-order valence-corrected chi connectivity index (χ0v) is 11.8. The van der Waals surface area contributed by atoms with Gasteiger partial charge in [-0.3, -0.25) is 0 Å². The molecule has 0 spiro atoms. The van der Waals surface area contributed by atoms with Gasteiger partial charge in [-0.25, -0.2) is 13.6 Å². The van der Waals surface area contributed by atoms with Gasteiger partial charge in [0.25, 0.3) is 0 Å². The van der Waals surface area contributed by atoms with Crippen LogP contribution in [0.15, 0.2) is 30.5 Å². The Kier molecular flexibility index (Phi) is 4.26. The molecule has 6 heteroatoms. The van der Waals surface area contributed by atoms with Crippen molar-refractivity contribution >= 4 is 11.7 Å². The van der Waals surface area contributed by atoms with E-state index in [0.29, 0.717) is 5.69 Å². The van der Waals surface area contributed by atoms with E-state index in [1.165, 1.54) is 12.1 Å². The normalized spacial score (nSPS) is 10.9. The minimum absolute atomic E-state index is 0.00930. The number of hydrogen-bond acceptors (Lipinski definition) is 3. The molecule has 4 nitrogen and oxygen atoms in total. The van der Waals surface area contributed by atoms with Gasteiger partial charge in [0.15, 0.2) is 0 Å². The molecule has 2 aromatic rings. The Labute approximate surface area is 121 Å². The zero-order valence-electron chi connectivity index (χ0n) is 11.8. The Balaban J connectivity index is 2.16. The summed E-state index contributed by atoms with van der Waals surface area (Å²) in [6, 6.07) is 4.96. The first-order chi connectivity index (χ1) is 9.90. The molecule has 0 aliphatic heterocycles. The summed E-state index contributed by atoms with van der Waals surface area (Å²) in [6.07, 6.45) is 1.62. The number of benzene rings is 1. The van der Waals surface area contributed by atoms with Crippen molar-refractivity contribution in [1.29, 1.82) is 0 Å². The van der Waals surface area contributed by atoms with Crippen molar-refractivity contribution in [2.24, 2.45) is 0 Å². The Morgan fingerprint density at radius 3 is 2.52 bits per heavy atom. The average Bonchev–Trinajstić information content (AvgIpc) is 2.80. The number of nitrogen functional groups attached to an aromatic ring is 1. The maximum atomic E-state index is 13.5. The molecule has 1 aromatic heterocycles. The molecule has 0 fully saturated rings. The van der Waals surface area contributed by atoms with Crippen LogP contribution in [0.1, 0.15) is 35.9 Å². The Bertz CT molecular complexity index is 645. The monoisotopic (exact) mass is 294 g/mol.